The summed E-state index contributed by atoms with van der Waals surface area (Å²) in [5.41, 5.74) is 1.85. The van der Waals surface area contributed by atoms with E-state index in [0.717, 1.165) is 60.0 Å². The number of anilines is 1. The first-order valence-corrected chi connectivity index (χ1v) is 11.3. The van der Waals surface area contributed by atoms with Crippen molar-refractivity contribution in [1.29, 1.82) is 0 Å². The van der Waals surface area contributed by atoms with Crippen LogP contribution in [0.25, 0.3) is 33.4 Å². The summed E-state index contributed by atoms with van der Waals surface area (Å²) in [5, 5.41) is 4.33. The molecule has 0 bridgehead atoms. The number of para-hydroxylation sites is 1. The number of nitrogens with one attached hydrogen (secondary N) is 1. The van der Waals surface area contributed by atoms with Gasteiger partial charge < -0.3 is 10.2 Å². The van der Waals surface area contributed by atoms with E-state index in [1.807, 2.05) is 39.2 Å². The van der Waals surface area contributed by atoms with Crippen LogP contribution in [0.1, 0.15) is 17.5 Å². The predicted octanol–water partition coefficient (Wildman–Crippen LogP) is 6.79. The van der Waals surface area contributed by atoms with Gasteiger partial charge in [-0.05, 0) is 69.4 Å². The second kappa shape index (κ2) is 10.00. The molecule has 0 saturated carbocycles. The number of halogens is 4. The van der Waals surface area contributed by atoms with Gasteiger partial charge in [-0.2, -0.15) is 13.2 Å². The highest BCUT2D eigenvalue weighted by molar-refractivity contribution is 5.92. The molecule has 1 heterocycles. The van der Waals surface area contributed by atoms with E-state index < -0.39 is 17.6 Å². The molecule has 4 rings (SSSR count). The lowest BCUT2D eigenvalue weighted by molar-refractivity contribution is -0.137. The third-order valence-corrected chi connectivity index (χ3v) is 5.75. The SMILES string of the molecule is Cc1cccc2c(NCCCN(C)C)nc(-c3ccc(-c4cc(C(F)(F)F)ccc4F)cc3)nc12. The van der Waals surface area contributed by atoms with E-state index in [0.29, 0.717) is 17.0 Å². The highest BCUT2D eigenvalue weighted by Crippen LogP contribution is 2.34. The molecule has 0 atom stereocenters. The van der Waals surface area contributed by atoms with E-state index >= 15 is 0 Å². The molecule has 1 aromatic heterocycles. The van der Waals surface area contributed by atoms with Crippen molar-refractivity contribution >= 4 is 16.7 Å². The van der Waals surface area contributed by atoms with Crippen LogP contribution in [-0.4, -0.2) is 42.1 Å². The molecule has 0 spiro atoms. The molecule has 4 aromatic rings. The minimum Gasteiger partial charge on any atom is -0.369 e. The van der Waals surface area contributed by atoms with Crippen molar-refractivity contribution in [3.05, 3.63) is 77.6 Å². The quantitative estimate of drug-likeness (QED) is 0.233. The maximum atomic E-state index is 14.3. The van der Waals surface area contributed by atoms with Gasteiger partial charge in [0.2, 0.25) is 0 Å². The van der Waals surface area contributed by atoms with Gasteiger partial charge in [0.1, 0.15) is 11.6 Å². The zero-order chi connectivity index (χ0) is 25.2. The Kier molecular flexibility index (Phi) is 7.03. The highest BCUT2D eigenvalue weighted by atomic mass is 19.4. The smallest absolute Gasteiger partial charge is 0.369 e. The molecule has 0 unspecified atom stereocenters. The summed E-state index contributed by atoms with van der Waals surface area (Å²) < 4.78 is 53.6. The van der Waals surface area contributed by atoms with E-state index in [2.05, 4.69) is 10.2 Å². The second-order valence-electron chi connectivity index (χ2n) is 8.72. The number of nitrogens with zero attached hydrogens (tertiary/aromatic N) is 3. The number of hydrogen-bond donors (Lipinski definition) is 1. The van der Waals surface area contributed by atoms with Gasteiger partial charge in [0, 0.05) is 23.1 Å². The van der Waals surface area contributed by atoms with Crippen LogP contribution in [0.4, 0.5) is 23.4 Å². The molecular weight excluding hydrogens is 456 g/mol. The Balaban J connectivity index is 1.69. The van der Waals surface area contributed by atoms with Crippen LogP contribution in [0.2, 0.25) is 0 Å². The average molecular weight is 483 g/mol. The number of fused-ring (bicyclic) bond motifs is 1. The predicted molar refractivity (Wildman–Crippen MR) is 132 cm³/mol. The average Bonchev–Trinajstić information content (AvgIpc) is 2.81. The molecule has 182 valence electrons. The third kappa shape index (κ3) is 5.59. The van der Waals surface area contributed by atoms with Crippen LogP contribution in [-0.2, 0) is 6.18 Å². The Hall–Kier alpha value is -3.52. The maximum absolute atomic E-state index is 14.3. The third-order valence-electron chi connectivity index (χ3n) is 5.75. The molecule has 1 N–H and O–H groups in total. The lowest BCUT2D eigenvalue weighted by Gasteiger charge is -2.14. The van der Waals surface area contributed by atoms with E-state index in [4.69, 9.17) is 9.97 Å². The van der Waals surface area contributed by atoms with E-state index in [9.17, 15) is 17.6 Å². The van der Waals surface area contributed by atoms with Gasteiger partial charge >= 0.3 is 6.18 Å². The summed E-state index contributed by atoms with van der Waals surface area (Å²) in [7, 11) is 4.05. The summed E-state index contributed by atoms with van der Waals surface area (Å²) in [6, 6.07) is 14.9. The number of aryl methyl sites for hydroxylation is 1. The molecule has 0 fully saturated rings. The van der Waals surface area contributed by atoms with Crippen molar-refractivity contribution in [3.8, 4) is 22.5 Å². The van der Waals surface area contributed by atoms with Gasteiger partial charge in [0.15, 0.2) is 5.82 Å². The van der Waals surface area contributed by atoms with Gasteiger partial charge in [0.05, 0.1) is 11.1 Å². The minimum atomic E-state index is -4.55. The summed E-state index contributed by atoms with van der Waals surface area (Å²) in [5.74, 6) is 0.492. The molecule has 8 heteroatoms. The number of benzene rings is 3. The number of alkyl halides is 3. The van der Waals surface area contributed by atoms with Crippen LogP contribution < -0.4 is 5.32 Å². The standard InChI is InChI=1S/C27H26F4N4/c1-17-6-4-7-21-24(17)33-25(34-26(21)32-14-5-15-35(2)3)19-10-8-18(9-11-19)22-16-20(27(29,30)31)12-13-23(22)28/h4,6-13,16H,5,14-15H2,1-3H3,(H,32,33,34). The molecule has 0 saturated heterocycles. The van der Waals surface area contributed by atoms with Crippen LogP contribution in [0, 0.1) is 12.7 Å². The number of hydrogen-bond acceptors (Lipinski definition) is 4. The van der Waals surface area contributed by atoms with Crippen molar-refractivity contribution in [1.82, 2.24) is 14.9 Å². The topological polar surface area (TPSA) is 41.0 Å². The first-order valence-electron chi connectivity index (χ1n) is 11.3. The molecule has 0 aliphatic heterocycles. The Morgan fingerprint density at radius 1 is 0.914 bits per heavy atom. The zero-order valence-electron chi connectivity index (χ0n) is 19.7. The fourth-order valence-corrected chi connectivity index (χ4v) is 3.88. The van der Waals surface area contributed by atoms with Crippen molar-refractivity contribution < 1.29 is 17.6 Å². The minimum absolute atomic E-state index is 0.107. The van der Waals surface area contributed by atoms with Gasteiger partial charge in [-0.25, -0.2) is 14.4 Å². The van der Waals surface area contributed by atoms with Crippen LogP contribution in [0.15, 0.2) is 60.7 Å². The van der Waals surface area contributed by atoms with Crippen molar-refractivity contribution in [3.63, 3.8) is 0 Å². The van der Waals surface area contributed by atoms with Crippen molar-refractivity contribution in [2.75, 3.05) is 32.5 Å². The van der Waals surface area contributed by atoms with E-state index in [-0.39, 0.29) is 5.56 Å². The first-order chi connectivity index (χ1) is 16.6. The van der Waals surface area contributed by atoms with E-state index in [1.54, 1.807) is 24.3 Å². The maximum Gasteiger partial charge on any atom is 0.416 e. The first kappa shape index (κ1) is 24.6. The van der Waals surface area contributed by atoms with Crippen LogP contribution >= 0.6 is 0 Å². The highest BCUT2D eigenvalue weighted by Gasteiger charge is 2.31. The molecule has 4 nitrogen and oxygen atoms in total. The normalized spacial score (nSPS) is 11.9. The summed E-state index contributed by atoms with van der Waals surface area (Å²) in [6.07, 6.45) is -3.61. The molecular formula is C27H26F4N4. The summed E-state index contributed by atoms with van der Waals surface area (Å²) in [6.45, 7) is 3.66. The van der Waals surface area contributed by atoms with Crippen molar-refractivity contribution in [2.24, 2.45) is 0 Å². The molecule has 0 aliphatic rings. The van der Waals surface area contributed by atoms with Gasteiger partial charge in [0.25, 0.3) is 0 Å². The fraction of sp³-hybridized carbons (Fsp3) is 0.259. The zero-order valence-corrected chi connectivity index (χ0v) is 19.7. The van der Waals surface area contributed by atoms with Gasteiger partial charge in [-0.15, -0.1) is 0 Å². The Morgan fingerprint density at radius 3 is 2.31 bits per heavy atom. The lowest BCUT2D eigenvalue weighted by atomic mass is 10.0. The summed E-state index contributed by atoms with van der Waals surface area (Å²) >= 11 is 0. The Morgan fingerprint density at radius 2 is 1.63 bits per heavy atom. The lowest BCUT2D eigenvalue weighted by Crippen LogP contribution is -2.17. The molecule has 0 radical (unpaired) electrons. The molecule has 3 aromatic carbocycles. The monoisotopic (exact) mass is 482 g/mol. The van der Waals surface area contributed by atoms with Crippen LogP contribution in [0.5, 0.6) is 0 Å². The van der Waals surface area contributed by atoms with Gasteiger partial charge in [-0.3, -0.25) is 0 Å². The molecule has 0 aliphatic carbocycles. The Labute approximate surface area is 201 Å². The largest absolute Gasteiger partial charge is 0.416 e. The van der Waals surface area contributed by atoms with Crippen LogP contribution in [0.3, 0.4) is 0 Å². The number of aromatic nitrogens is 2. The van der Waals surface area contributed by atoms with Crippen molar-refractivity contribution in [2.45, 2.75) is 19.5 Å². The second-order valence-corrected chi connectivity index (χ2v) is 8.72. The summed E-state index contributed by atoms with van der Waals surface area (Å²) in [4.78, 5) is 11.6. The fourth-order valence-electron chi connectivity index (χ4n) is 3.88. The Bertz CT molecular complexity index is 1330. The molecule has 35 heavy (non-hydrogen) atoms. The number of rotatable bonds is 7. The van der Waals surface area contributed by atoms with Gasteiger partial charge in [-0.1, -0.05) is 36.4 Å². The molecule has 0 amide bonds. The van der Waals surface area contributed by atoms with E-state index in [1.165, 1.54) is 0 Å².